The van der Waals surface area contributed by atoms with E-state index in [1.165, 1.54) is 0 Å². The number of ether oxygens (including phenoxy) is 1. The molecule has 0 unspecified atom stereocenters. The van der Waals surface area contributed by atoms with Crippen LogP contribution in [0, 0.1) is 5.41 Å². The van der Waals surface area contributed by atoms with Gasteiger partial charge in [0.25, 0.3) is 0 Å². The van der Waals surface area contributed by atoms with E-state index in [-0.39, 0.29) is 12.3 Å². The van der Waals surface area contributed by atoms with Crippen LogP contribution in [0.3, 0.4) is 0 Å². The van der Waals surface area contributed by atoms with E-state index in [0.29, 0.717) is 18.5 Å². The van der Waals surface area contributed by atoms with Crippen LogP contribution in [0.1, 0.15) is 45.1 Å². The minimum Gasteiger partial charge on any atom is -0.493 e. The lowest BCUT2D eigenvalue weighted by molar-refractivity contribution is -0.151. The van der Waals surface area contributed by atoms with E-state index < -0.39 is 11.4 Å². The highest BCUT2D eigenvalue weighted by atomic mass is 16.5. The number of hydrogen-bond donors (Lipinski definition) is 2. The first-order valence-electron chi connectivity index (χ1n) is 7.79. The number of carboxylic acids is 1. The summed E-state index contributed by atoms with van der Waals surface area (Å²) in [6.45, 7) is 4.34. The van der Waals surface area contributed by atoms with E-state index in [1.54, 1.807) is 19.9 Å². The van der Waals surface area contributed by atoms with Gasteiger partial charge in [-0.1, -0.05) is 13.8 Å². The summed E-state index contributed by atoms with van der Waals surface area (Å²) in [5.41, 5.74) is 0.793. The third-order valence-electron chi connectivity index (χ3n) is 4.50. The molecule has 1 aliphatic heterocycles. The number of anilines is 1. The summed E-state index contributed by atoms with van der Waals surface area (Å²) in [5, 5.41) is 12.2. The number of hydrogen-bond acceptors (Lipinski definition) is 3. The van der Waals surface area contributed by atoms with Crippen molar-refractivity contribution >= 4 is 17.6 Å². The fourth-order valence-corrected chi connectivity index (χ4v) is 2.83. The standard InChI is InChI=1S/C17H23NO4/c1-3-17(4-2,16(20)21)11-15(19)18-13-7-8-14-12(10-13)6-5-9-22-14/h7-8,10H,3-6,9,11H2,1-2H3,(H,18,19)(H,20,21). The number of aryl methyl sites for hydroxylation is 1. The van der Waals surface area contributed by atoms with Gasteiger partial charge in [0.05, 0.1) is 12.0 Å². The molecule has 0 aromatic heterocycles. The van der Waals surface area contributed by atoms with Crippen molar-refractivity contribution in [2.45, 2.75) is 46.0 Å². The summed E-state index contributed by atoms with van der Waals surface area (Å²) in [4.78, 5) is 23.7. The lowest BCUT2D eigenvalue weighted by Crippen LogP contribution is -2.34. The van der Waals surface area contributed by atoms with E-state index in [9.17, 15) is 14.7 Å². The number of carbonyl (C=O) groups is 2. The summed E-state index contributed by atoms with van der Waals surface area (Å²) >= 11 is 0. The normalized spacial score (nSPS) is 13.9. The van der Waals surface area contributed by atoms with Gasteiger partial charge in [-0.15, -0.1) is 0 Å². The van der Waals surface area contributed by atoms with Crippen molar-refractivity contribution in [2.75, 3.05) is 11.9 Å². The van der Waals surface area contributed by atoms with Gasteiger partial charge >= 0.3 is 5.97 Å². The zero-order chi connectivity index (χ0) is 16.2. The minimum absolute atomic E-state index is 0.0110. The lowest BCUT2D eigenvalue weighted by atomic mass is 9.79. The molecular weight excluding hydrogens is 282 g/mol. The van der Waals surface area contributed by atoms with E-state index in [1.807, 2.05) is 12.1 Å². The zero-order valence-corrected chi connectivity index (χ0v) is 13.1. The number of rotatable bonds is 6. The molecule has 0 atom stereocenters. The summed E-state index contributed by atoms with van der Waals surface area (Å²) < 4.78 is 5.54. The molecule has 5 nitrogen and oxygen atoms in total. The van der Waals surface area contributed by atoms with Crippen molar-refractivity contribution in [2.24, 2.45) is 5.41 Å². The highest BCUT2D eigenvalue weighted by Crippen LogP contribution is 2.32. The van der Waals surface area contributed by atoms with Gasteiger partial charge in [0, 0.05) is 12.1 Å². The molecule has 1 aliphatic rings. The van der Waals surface area contributed by atoms with Crippen LogP contribution < -0.4 is 10.1 Å². The molecule has 0 fully saturated rings. The summed E-state index contributed by atoms with van der Waals surface area (Å²) in [5.74, 6) is -0.305. The summed E-state index contributed by atoms with van der Waals surface area (Å²) in [6, 6.07) is 5.56. The number of carboxylic acid groups (broad SMARTS) is 1. The predicted octanol–water partition coefficient (Wildman–Crippen LogP) is 3.23. The average Bonchev–Trinajstić information content (AvgIpc) is 2.52. The SMILES string of the molecule is CCC(CC)(CC(=O)Nc1ccc2c(c1)CCCO2)C(=O)O. The van der Waals surface area contributed by atoms with Gasteiger partial charge in [0.2, 0.25) is 5.91 Å². The third-order valence-corrected chi connectivity index (χ3v) is 4.50. The van der Waals surface area contributed by atoms with Gasteiger partial charge in [-0.05, 0) is 49.4 Å². The van der Waals surface area contributed by atoms with Crippen LogP contribution >= 0.6 is 0 Å². The molecule has 1 aromatic carbocycles. The lowest BCUT2D eigenvalue weighted by Gasteiger charge is -2.26. The molecule has 1 amide bonds. The van der Waals surface area contributed by atoms with Crippen molar-refractivity contribution in [1.29, 1.82) is 0 Å². The topological polar surface area (TPSA) is 75.6 Å². The second-order valence-corrected chi connectivity index (χ2v) is 5.79. The van der Waals surface area contributed by atoms with Crippen LogP contribution in [-0.4, -0.2) is 23.6 Å². The zero-order valence-electron chi connectivity index (χ0n) is 13.1. The molecule has 5 heteroatoms. The first kappa shape index (κ1) is 16.3. The first-order chi connectivity index (χ1) is 10.5. The van der Waals surface area contributed by atoms with Crippen molar-refractivity contribution in [3.63, 3.8) is 0 Å². The van der Waals surface area contributed by atoms with Crippen LogP contribution in [0.2, 0.25) is 0 Å². The van der Waals surface area contributed by atoms with Crippen LogP contribution in [0.4, 0.5) is 5.69 Å². The van der Waals surface area contributed by atoms with Crippen LogP contribution in [0.25, 0.3) is 0 Å². The molecule has 0 saturated heterocycles. The highest BCUT2D eigenvalue weighted by Gasteiger charge is 2.37. The Labute approximate surface area is 130 Å². The van der Waals surface area contributed by atoms with Crippen LogP contribution in [0.15, 0.2) is 18.2 Å². The number of aliphatic carboxylic acids is 1. The fraction of sp³-hybridized carbons (Fsp3) is 0.529. The summed E-state index contributed by atoms with van der Waals surface area (Å²) in [6.07, 6.45) is 2.76. The van der Waals surface area contributed by atoms with Crippen LogP contribution in [0.5, 0.6) is 5.75 Å². The summed E-state index contributed by atoms with van der Waals surface area (Å²) in [7, 11) is 0. The predicted molar refractivity (Wildman–Crippen MR) is 84.2 cm³/mol. The monoisotopic (exact) mass is 305 g/mol. The van der Waals surface area contributed by atoms with E-state index >= 15 is 0 Å². The maximum Gasteiger partial charge on any atom is 0.310 e. The van der Waals surface area contributed by atoms with Crippen molar-refractivity contribution < 1.29 is 19.4 Å². The van der Waals surface area contributed by atoms with Crippen LogP contribution in [-0.2, 0) is 16.0 Å². The first-order valence-corrected chi connectivity index (χ1v) is 7.79. The Hall–Kier alpha value is -2.04. The maximum atomic E-state index is 12.2. The number of nitrogens with one attached hydrogen (secondary N) is 1. The Kier molecular flexibility index (Phi) is 5.06. The smallest absolute Gasteiger partial charge is 0.310 e. The van der Waals surface area contributed by atoms with Gasteiger partial charge in [0.1, 0.15) is 5.75 Å². The van der Waals surface area contributed by atoms with E-state index in [0.717, 1.165) is 30.8 Å². The Bertz CT molecular complexity index is 564. The number of amides is 1. The average molecular weight is 305 g/mol. The molecule has 2 N–H and O–H groups in total. The second kappa shape index (κ2) is 6.81. The van der Waals surface area contributed by atoms with Crippen molar-refractivity contribution in [1.82, 2.24) is 0 Å². The van der Waals surface area contributed by atoms with Gasteiger partial charge in [0.15, 0.2) is 0 Å². The van der Waals surface area contributed by atoms with Gasteiger partial charge < -0.3 is 15.2 Å². The van der Waals surface area contributed by atoms with Gasteiger partial charge in [-0.3, -0.25) is 9.59 Å². The second-order valence-electron chi connectivity index (χ2n) is 5.79. The molecule has 22 heavy (non-hydrogen) atoms. The third kappa shape index (κ3) is 3.40. The van der Waals surface area contributed by atoms with Crippen molar-refractivity contribution in [3.8, 4) is 5.75 Å². The number of carbonyl (C=O) groups excluding carboxylic acids is 1. The maximum absolute atomic E-state index is 12.2. The largest absolute Gasteiger partial charge is 0.493 e. The quantitative estimate of drug-likeness (QED) is 0.846. The molecule has 0 saturated carbocycles. The minimum atomic E-state index is -0.985. The number of benzene rings is 1. The van der Waals surface area contributed by atoms with E-state index in [4.69, 9.17) is 4.74 Å². The molecule has 120 valence electrons. The molecule has 0 aliphatic carbocycles. The molecule has 2 rings (SSSR count). The molecule has 0 spiro atoms. The van der Waals surface area contributed by atoms with Gasteiger partial charge in [-0.25, -0.2) is 0 Å². The molecule has 0 radical (unpaired) electrons. The Balaban J connectivity index is 2.07. The Morgan fingerprint density at radius 3 is 2.68 bits per heavy atom. The molecule has 1 aromatic rings. The number of fused-ring (bicyclic) bond motifs is 1. The van der Waals surface area contributed by atoms with E-state index in [2.05, 4.69) is 5.32 Å². The molecule has 1 heterocycles. The Morgan fingerprint density at radius 2 is 2.05 bits per heavy atom. The van der Waals surface area contributed by atoms with Gasteiger partial charge in [-0.2, -0.15) is 0 Å². The highest BCUT2D eigenvalue weighted by molar-refractivity contribution is 5.94. The molecule has 0 bridgehead atoms. The van der Waals surface area contributed by atoms with Crippen molar-refractivity contribution in [3.05, 3.63) is 23.8 Å². The molecular formula is C17H23NO4. The fourth-order valence-electron chi connectivity index (χ4n) is 2.83. The Morgan fingerprint density at radius 1 is 1.32 bits per heavy atom.